The number of benzene rings is 2. The van der Waals surface area contributed by atoms with Crippen molar-refractivity contribution in [2.45, 2.75) is 24.2 Å². The summed E-state index contributed by atoms with van der Waals surface area (Å²) in [6.07, 6.45) is 3.93. The van der Waals surface area contributed by atoms with Gasteiger partial charge in [-0.1, -0.05) is 18.0 Å². The molecule has 0 aliphatic carbocycles. The lowest BCUT2D eigenvalue weighted by molar-refractivity contribution is 0.592. The molecule has 2 aromatic carbocycles. The smallest absolute Gasteiger partial charge is 0.261 e. The normalized spacial score (nSPS) is 16.0. The number of aromatic nitrogens is 2. The predicted octanol–water partition coefficient (Wildman–Crippen LogP) is 5.07. The molecule has 3 heterocycles. The van der Waals surface area contributed by atoms with Gasteiger partial charge in [-0.05, 0) is 79.6 Å². The fraction of sp³-hybridized carbons (Fsp3) is 0.200. The van der Waals surface area contributed by atoms with Crippen molar-refractivity contribution in [3.63, 3.8) is 0 Å². The van der Waals surface area contributed by atoms with Crippen molar-refractivity contribution in [1.29, 1.82) is 0 Å². The summed E-state index contributed by atoms with van der Waals surface area (Å²) in [7, 11) is -7.35. The van der Waals surface area contributed by atoms with Gasteiger partial charge in [-0.2, -0.15) is 0 Å². The van der Waals surface area contributed by atoms with Crippen molar-refractivity contribution in [2.24, 2.45) is 0 Å². The minimum absolute atomic E-state index is 0.0184. The molecule has 1 aliphatic heterocycles. The van der Waals surface area contributed by atoms with E-state index in [1.165, 1.54) is 28.6 Å². The van der Waals surface area contributed by atoms with Crippen LogP contribution in [0.25, 0.3) is 22.3 Å². The van der Waals surface area contributed by atoms with Crippen LogP contribution in [-0.2, 0) is 20.0 Å². The molecule has 8 nitrogen and oxygen atoms in total. The van der Waals surface area contributed by atoms with Gasteiger partial charge < -0.3 is 0 Å². The number of nitrogens with zero attached hydrogens (tertiary/aromatic N) is 3. The number of anilines is 2. The van der Waals surface area contributed by atoms with E-state index in [1.807, 2.05) is 12.1 Å². The Morgan fingerprint density at radius 3 is 2.53 bits per heavy atom. The maximum atomic E-state index is 13.1. The van der Waals surface area contributed by atoms with E-state index in [4.69, 9.17) is 11.6 Å². The number of sulfonamides is 2. The highest BCUT2D eigenvalue weighted by molar-refractivity contribution is 7.93. The molecule has 0 saturated carbocycles. The maximum Gasteiger partial charge on any atom is 0.261 e. The molecule has 1 fully saturated rings. The van der Waals surface area contributed by atoms with E-state index in [-0.39, 0.29) is 10.6 Å². The van der Waals surface area contributed by atoms with Gasteiger partial charge in [0.05, 0.1) is 38.1 Å². The van der Waals surface area contributed by atoms with Crippen molar-refractivity contribution in [3.05, 3.63) is 77.9 Å². The lowest BCUT2D eigenvalue weighted by Gasteiger charge is -2.22. The van der Waals surface area contributed by atoms with Gasteiger partial charge in [0, 0.05) is 24.0 Å². The van der Waals surface area contributed by atoms with E-state index in [0.717, 1.165) is 18.4 Å². The fourth-order valence-electron chi connectivity index (χ4n) is 4.15. The van der Waals surface area contributed by atoms with Crippen LogP contribution in [0.5, 0.6) is 0 Å². The molecular weight excluding hydrogens is 520 g/mol. The van der Waals surface area contributed by atoms with Crippen LogP contribution in [0.3, 0.4) is 0 Å². The second-order valence-electron chi connectivity index (χ2n) is 8.48. The first-order valence-electron chi connectivity index (χ1n) is 11.4. The van der Waals surface area contributed by atoms with E-state index in [2.05, 4.69) is 14.7 Å². The van der Waals surface area contributed by atoms with Crippen LogP contribution in [0.1, 0.15) is 19.3 Å². The highest BCUT2D eigenvalue weighted by Gasteiger charge is 2.25. The van der Waals surface area contributed by atoms with Crippen molar-refractivity contribution >= 4 is 54.1 Å². The third-order valence-electron chi connectivity index (χ3n) is 5.99. The summed E-state index contributed by atoms with van der Waals surface area (Å²) >= 11 is 6.41. The molecule has 5 rings (SSSR count). The quantitative estimate of drug-likeness (QED) is 0.377. The molecule has 0 spiro atoms. The van der Waals surface area contributed by atoms with Gasteiger partial charge in [-0.15, -0.1) is 0 Å². The largest absolute Gasteiger partial charge is 0.280 e. The molecule has 1 N–H and O–H groups in total. The molecule has 2 aromatic heterocycles. The monoisotopic (exact) mass is 542 g/mol. The van der Waals surface area contributed by atoms with Crippen molar-refractivity contribution in [1.82, 2.24) is 9.97 Å². The highest BCUT2D eigenvalue weighted by Crippen LogP contribution is 2.32. The molecule has 36 heavy (non-hydrogen) atoms. The summed E-state index contributed by atoms with van der Waals surface area (Å²) in [4.78, 5) is 8.88. The summed E-state index contributed by atoms with van der Waals surface area (Å²) < 4.78 is 55.2. The van der Waals surface area contributed by atoms with Gasteiger partial charge in [0.2, 0.25) is 10.0 Å². The van der Waals surface area contributed by atoms with Crippen LogP contribution in [0.2, 0.25) is 5.02 Å². The van der Waals surface area contributed by atoms with Crippen LogP contribution in [0.15, 0.2) is 77.8 Å². The Balaban J connectivity index is 1.41. The van der Waals surface area contributed by atoms with Crippen LogP contribution in [0, 0.1) is 0 Å². The molecule has 0 bridgehead atoms. The average molecular weight is 543 g/mol. The van der Waals surface area contributed by atoms with E-state index in [0.29, 0.717) is 46.1 Å². The van der Waals surface area contributed by atoms with Crippen molar-refractivity contribution in [2.75, 3.05) is 21.3 Å². The van der Waals surface area contributed by atoms with Crippen LogP contribution in [0.4, 0.5) is 11.4 Å². The number of halogens is 1. The first-order chi connectivity index (χ1) is 17.2. The van der Waals surface area contributed by atoms with Crippen molar-refractivity contribution in [3.8, 4) is 11.3 Å². The molecule has 0 unspecified atom stereocenters. The first-order valence-corrected chi connectivity index (χ1v) is 14.8. The topological polar surface area (TPSA) is 109 Å². The zero-order chi connectivity index (χ0) is 25.3. The third-order valence-corrected chi connectivity index (χ3v) is 9.58. The Hall–Kier alpha value is -3.21. The summed E-state index contributed by atoms with van der Waals surface area (Å²) in [5.41, 5.74) is 3.38. The Kier molecular flexibility index (Phi) is 6.59. The van der Waals surface area contributed by atoms with Gasteiger partial charge in [-0.3, -0.25) is 14.0 Å². The van der Waals surface area contributed by atoms with Crippen LogP contribution < -0.4 is 9.03 Å². The van der Waals surface area contributed by atoms with E-state index >= 15 is 0 Å². The molecule has 186 valence electrons. The average Bonchev–Trinajstić information content (AvgIpc) is 3.05. The molecule has 4 aromatic rings. The Bertz CT molecular complexity index is 1640. The SMILES string of the molecule is O=S(=O)(Nc1ccc(Cl)c(-c2ccc3ncccc3n2)c1)c1ccc(N2CCCCCS2(=O)=O)cc1. The number of hydrogen-bond acceptors (Lipinski definition) is 6. The lowest BCUT2D eigenvalue weighted by atomic mass is 10.1. The standard InChI is InChI=1S/C25H23ClN4O4S2/c26-22-11-6-18(17-21(22)23-12-13-24-25(28-23)5-4-14-27-24)29-36(33,34)20-9-7-19(8-10-20)30-15-2-1-3-16-35(30,31)32/h4-14,17,29H,1-3,15-16H2. The minimum Gasteiger partial charge on any atom is -0.280 e. The number of fused-ring (bicyclic) bond motifs is 1. The summed E-state index contributed by atoms with van der Waals surface area (Å²) in [5, 5.41) is 0.428. The molecule has 1 aliphatic rings. The molecule has 1 saturated heterocycles. The second kappa shape index (κ2) is 9.68. The molecule has 0 amide bonds. The summed E-state index contributed by atoms with van der Waals surface area (Å²) in [6.45, 7) is 0.388. The highest BCUT2D eigenvalue weighted by atomic mass is 35.5. The first kappa shape index (κ1) is 24.5. The molecule has 11 heteroatoms. The second-order valence-corrected chi connectivity index (χ2v) is 12.6. The van der Waals surface area contributed by atoms with Crippen LogP contribution in [-0.4, -0.2) is 39.1 Å². The summed E-state index contributed by atoms with van der Waals surface area (Å²) in [5.74, 6) is 0.0933. The Morgan fingerprint density at radius 1 is 0.917 bits per heavy atom. The number of rotatable bonds is 5. The van der Waals surface area contributed by atoms with Gasteiger partial charge in [0.1, 0.15) is 0 Å². The van der Waals surface area contributed by atoms with E-state index in [9.17, 15) is 16.8 Å². The summed E-state index contributed by atoms with van der Waals surface area (Å²) in [6, 6.07) is 17.9. The van der Waals surface area contributed by atoms with Gasteiger partial charge in [-0.25, -0.2) is 21.8 Å². The van der Waals surface area contributed by atoms with Gasteiger partial charge in [0.15, 0.2) is 0 Å². The maximum absolute atomic E-state index is 13.1. The third kappa shape index (κ3) is 5.02. The number of hydrogen-bond donors (Lipinski definition) is 1. The Labute approximate surface area is 215 Å². The molecule has 0 atom stereocenters. The minimum atomic E-state index is -3.93. The fourth-order valence-corrected chi connectivity index (χ4v) is 7.06. The van der Waals surface area contributed by atoms with E-state index in [1.54, 1.807) is 36.5 Å². The number of pyridine rings is 2. The predicted molar refractivity (Wildman–Crippen MR) is 142 cm³/mol. The molecular formula is C25H23ClN4O4S2. The lowest BCUT2D eigenvalue weighted by Crippen LogP contribution is -2.32. The van der Waals surface area contributed by atoms with Gasteiger partial charge in [0.25, 0.3) is 10.0 Å². The van der Waals surface area contributed by atoms with Gasteiger partial charge >= 0.3 is 0 Å². The Morgan fingerprint density at radius 2 is 1.72 bits per heavy atom. The number of nitrogens with one attached hydrogen (secondary N) is 1. The van der Waals surface area contributed by atoms with Crippen molar-refractivity contribution < 1.29 is 16.8 Å². The van der Waals surface area contributed by atoms with E-state index < -0.39 is 20.0 Å². The zero-order valence-corrected chi connectivity index (χ0v) is 21.5. The van der Waals surface area contributed by atoms with Crippen LogP contribution >= 0.6 is 11.6 Å². The molecule has 0 radical (unpaired) electrons. The zero-order valence-electron chi connectivity index (χ0n) is 19.1.